The number of benzene rings is 3. The van der Waals surface area contributed by atoms with E-state index in [9.17, 15) is 0 Å². The van der Waals surface area contributed by atoms with Crippen LogP contribution >= 0.6 is 0 Å². The molecule has 1 unspecified atom stereocenters. The highest BCUT2D eigenvalue weighted by Gasteiger charge is 2.51. The summed E-state index contributed by atoms with van der Waals surface area (Å²) in [5, 5.41) is 0. The fourth-order valence-electron chi connectivity index (χ4n) is 5.00. The van der Waals surface area contributed by atoms with Crippen molar-refractivity contribution in [3.8, 4) is 0 Å². The third kappa shape index (κ3) is 10.8. The van der Waals surface area contributed by atoms with Gasteiger partial charge in [0.05, 0.1) is 32.5 Å². The lowest BCUT2D eigenvalue weighted by molar-refractivity contribution is -0.334. The van der Waals surface area contributed by atoms with E-state index < -0.39 is 38.8 Å². The molecule has 3 aromatic rings. The zero-order chi connectivity index (χ0) is 30.5. The van der Waals surface area contributed by atoms with Crippen molar-refractivity contribution in [2.45, 2.75) is 89.2 Å². The van der Waals surface area contributed by atoms with Crippen molar-refractivity contribution in [2.24, 2.45) is 0 Å². The zero-order valence-corrected chi connectivity index (χ0v) is 27.1. The van der Waals surface area contributed by atoms with Crippen LogP contribution in [0, 0.1) is 0 Å². The summed E-state index contributed by atoms with van der Waals surface area (Å²) in [5.74, 6) is 0. The Balaban J connectivity index is 1.66. The molecule has 7 heteroatoms. The Hall–Kier alpha value is -2.62. The highest BCUT2D eigenvalue weighted by Crippen LogP contribution is 2.33. The van der Waals surface area contributed by atoms with Crippen molar-refractivity contribution < 1.29 is 28.4 Å². The quantitative estimate of drug-likeness (QED) is 0.118. The van der Waals surface area contributed by atoms with Crippen LogP contribution in [0.5, 0.6) is 0 Å². The lowest BCUT2D eigenvalue weighted by Crippen LogP contribution is -2.63. The summed E-state index contributed by atoms with van der Waals surface area (Å²) in [5.41, 5.74) is 3.20. The Morgan fingerprint density at radius 1 is 0.698 bits per heavy atom. The van der Waals surface area contributed by atoms with Crippen LogP contribution in [0.15, 0.2) is 104 Å². The number of ether oxygens (including phenoxy) is 6. The third-order valence-corrected chi connectivity index (χ3v) is 9.16. The lowest BCUT2D eigenvalue weighted by Gasteiger charge is -2.47. The van der Waals surface area contributed by atoms with E-state index in [0.717, 1.165) is 22.7 Å². The first-order valence-corrected chi connectivity index (χ1v) is 19.0. The molecule has 6 nitrogen and oxygen atoms in total. The SMILES string of the molecule is C=CCO[C@H](C)[C@H]1OC(OCC[Si](C)(C)C)[C@H](OCc2ccccc2)[C@@H](OCc2ccccc2)[C@H]1OCc1ccccc1. The van der Waals surface area contributed by atoms with Gasteiger partial charge in [-0.3, -0.25) is 0 Å². The topological polar surface area (TPSA) is 55.4 Å². The fraction of sp³-hybridized carbons (Fsp3) is 0.444. The number of hydrogen-bond donors (Lipinski definition) is 0. The smallest absolute Gasteiger partial charge is 0.186 e. The van der Waals surface area contributed by atoms with E-state index in [0.29, 0.717) is 33.0 Å². The minimum atomic E-state index is -1.34. The van der Waals surface area contributed by atoms with Crippen LogP contribution < -0.4 is 0 Å². The van der Waals surface area contributed by atoms with E-state index in [1.807, 2.05) is 61.5 Å². The molecule has 3 aromatic carbocycles. The summed E-state index contributed by atoms with van der Waals surface area (Å²) >= 11 is 0. The average Bonchev–Trinajstić information content (AvgIpc) is 3.02. The van der Waals surface area contributed by atoms with Gasteiger partial charge in [-0.15, -0.1) is 6.58 Å². The van der Waals surface area contributed by atoms with Gasteiger partial charge in [-0.2, -0.15) is 0 Å². The number of hydrogen-bond acceptors (Lipinski definition) is 6. The molecule has 0 bridgehead atoms. The molecule has 1 fully saturated rings. The second-order valence-corrected chi connectivity index (χ2v) is 17.9. The molecule has 6 atom stereocenters. The second-order valence-electron chi connectivity index (χ2n) is 12.3. The summed E-state index contributed by atoms with van der Waals surface area (Å²) in [6.45, 7) is 15.0. The second kappa shape index (κ2) is 17.0. The fourth-order valence-corrected chi connectivity index (χ4v) is 5.73. The summed E-state index contributed by atoms with van der Waals surface area (Å²) in [4.78, 5) is 0. The summed E-state index contributed by atoms with van der Waals surface area (Å²) in [6, 6.07) is 31.5. The highest BCUT2D eigenvalue weighted by atomic mass is 28.3. The van der Waals surface area contributed by atoms with Crippen LogP contribution in [-0.4, -0.2) is 58.1 Å². The molecule has 0 amide bonds. The zero-order valence-electron chi connectivity index (χ0n) is 26.1. The third-order valence-electron chi connectivity index (χ3n) is 7.46. The first kappa shape index (κ1) is 33.3. The van der Waals surface area contributed by atoms with Crippen molar-refractivity contribution in [2.75, 3.05) is 13.2 Å². The molecule has 43 heavy (non-hydrogen) atoms. The Labute approximate surface area is 258 Å². The molecule has 1 aliphatic heterocycles. The standard InChI is InChI=1S/C36H48O6Si/c1-6-22-37-28(2)32-33(39-25-29-16-10-7-11-17-29)34(40-26-30-18-12-8-13-19-30)35(41-27-31-20-14-9-15-21-31)36(42-32)38-23-24-43(3,4)5/h6-21,28,32-36H,1,22-27H2,2-5H3/t28-,32-,33+,34+,35-,36?/m1/s1. The van der Waals surface area contributed by atoms with Gasteiger partial charge in [0.15, 0.2) is 6.29 Å². The minimum Gasteiger partial charge on any atom is -0.372 e. The van der Waals surface area contributed by atoms with Gasteiger partial charge >= 0.3 is 0 Å². The van der Waals surface area contributed by atoms with Crippen LogP contribution in [0.25, 0.3) is 0 Å². The van der Waals surface area contributed by atoms with Gasteiger partial charge in [0, 0.05) is 14.7 Å². The summed E-state index contributed by atoms with van der Waals surface area (Å²) in [6.07, 6.45) is -1.18. The molecule has 1 aliphatic rings. The van der Waals surface area contributed by atoms with Gasteiger partial charge in [0.25, 0.3) is 0 Å². The van der Waals surface area contributed by atoms with Crippen molar-refractivity contribution >= 4 is 8.07 Å². The molecule has 0 N–H and O–H groups in total. The largest absolute Gasteiger partial charge is 0.372 e. The van der Waals surface area contributed by atoms with E-state index in [4.69, 9.17) is 28.4 Å². The van der Waals surface area contributed by atoms with Crippen molar-refractivity contribution in [3.63, 3.8) is 0 Å². The molecule has 232 valence electrons. The molecule has 0 radical (unpaired) electrons. The van der Waals surface area contributed by atoms with E-state index in [1.165, 1.54) is 0 Å². The Kier molecular flexibility index (Phi) is 13.2. The minimum absolute atomic E-state index is 0.306. The predicted octanol–water partition coefficient (Wildman–Crippen LogP) is 7.41. The van der Waals surface area contributed by atoms with Crippen LogP contribution in [-0.2, 0) is 48.2 Å². The van der Waals surface area contributed by atoms with Gasteiger partial charge in [0.2, 0.25) is 0 Å². The Morgan fingerprint density at radius 3 is 1.63 bits per heavy atom. The van der Waals surface area contributed by atoms with E-state index in [2.05, 4.69) is 62.6 Å². The van der Waals surface area contributed by atoms with Gasteiger partial charge in [-0.25, -0.2) is 0 Å². The highest BCUT2D eigenvalue weighted by molar-refractivity contribution is 6.76. The van der Waals surface area contributed by atoms with E-state index in [1.54, 1.807) is 6.08 Å². The van der Waals surface area contributed by atoms with Crippen LogP contribution in [0.3, 0.4) is 0 Å². The monoisotopic (exact) mass is 604 g/mol. The normalized spacial score (nSPS) is 23.1. The van der Waals surface area contributed by atoms with Gasteiger partial charge in [-0.05, 0) is 29.7 Å². The maximum absolute atomic E-state index is 6.76. The molecule has 1 heterocycles. The van der Waals surface area contributed by atoms with Crippen molar-refractivity contribution in [3.05, 3.63) is 120 Å². The molecule has 0 aromatic heterocycles. The van der Waals surface area contributed by atoms with Crippen LogP contribution in [0.2, 0.25) is 25.7 Å². The molecule has 0 aliphatic carbocycles. The summed E-state index contributed by atoms with van der Waals surface area (Å²) in [7, 11) is -1.34. The molecular formula is C36H48O6Si. The first-order chi connectivity index (χ1) is 20.8. The first-order valence-electron chi connectivity index (χ1n) is 15.3. The Morgan fingerprint density at radius 2 is 1.16 bits per heavy atom. The van der Waals surface area contributed by atoms with E-state index >= 15 is 0 Å². The molecular weight excluding hydrogens is 556 g/mol. The van der Waals surface area contributed by atoms with Crippen LogP contribution in [0.4, 0.5) is 0 Å². The number of rotatable bonds is 17. The van der Waals surface area contributed by atoms with Gasteiger partial charge < -0.3 is 28.4 Å². The molecule has 1 saturated heterocycles. The van der Waals surface area contributed by atoms with Gasteiger partial charge in [-0.1, -0.05) is 117 Å². The molecule has 4 rings (SSSR count). The molecule has 0 saturated carbocycles. The Bertz CT molecular complexity index is 1190. The average molecular weight is 605 g/mol. The van der Waals surface area contributed by atoms with Crippen molar-refractivity contribution in [1.29, 1.82) is 0 Å². The summed E-state index contributed by atoms with van der Waals surface area (Å²) < 4.78 is 39.5. The molecule has 0 spiro atoms. The maximum atomic E-state index is 6.76. The van der Waals surface area contributed by atoms with Gasteiger partial charge in [0.1, 0.15) is 24.4 Å². The predicted molar refractivity (Wildman–Crippen MR) is 173 cm³/mol. The van der Waals surface area contributed by atoms with Crippen LogP contribution in [0.1, 0.15) is 23.6 Å². The van der Waals surface area contributed by atoms with E-state index in [-0.39, 0.29) is 6.10 Å². The lowest BCUT2D eigenvalue weighted by atomic mass is 9.94. The maximum Gasteiger partial charge on any atom is 0.186 e. The van der Waals surface area contributed by atoms with Crippen molar-refractivity contribution in [1.82, 2.24) is 0 Å².